The second-order valence-corrected chi connectivity index (χ2v) is 5.70. The van der Waals surface area contributed by atoms with E-state index in [0.717, 1.165) is 17.9 Å². The van der Waals surface area contributed by atoms with Crippen LogP contribution in [0.3, 0.4) is 0 Å². The van der Waals surface area contributed by atoms with Gasteiger partial charge in [0, 0.05) is 12.0 Å². The minimum Gasteiger partial charge on any atom is -0.467 e. The highest BCUT2D eigenvalue weighted by molar-refractivity contribution is 6.16. The van der Waals surface area contributed by atoms with Crippen LogP contribution >= 0.6 is 0 Å². The summed E-state index contributed by atoms with van der Waals surface area (Å²) < 4.78 is 4.53. The highest BCUT2D eigenvalue weighted by Crippen LogP contribution is 2.36. The summed E-state index contributed by atoms with van der Waals surface area (Å²) in [6, 6.07) is 12.7. The van der Waals surface area contributed by atoms with Gasteiger partial charge in [0.05, 0.1) is 13.0 Å². The SMILES string of the molecule is COC(=O)[C@]1(O)C(=O)CC[C@@H]1C(=O)c1ccc2ccccc2c1. The van der Waals surface area contributed by atoms with Crippen LogP contribution < -0.4 is 0 Å². The summed E-state index contributed by atoms with van der Waals surface area (Å²) in [4.78, 5) is 36.6. The van der Waals surface area contributed by atoms with Crippen LogP contribution in [0.15, 0.2) is 42.5 Å². The molecule has 3 rings (SSSR count). The Labute approximate surface area is 132 Å². The van der Waals surface area contributed by atoms with E-state index in [1.54, 1.807) is 18.2 Å². The van der Waals surface area contributed by atoms with E-state index in [2.05, 4.69) is 4.74 Å². The molecule has 118 valence electrons. The van der Waals surface area contributed by atoms with Gasteiger partial charge >= 0.3 is 5.97 Å². The van der Waals surface area contributed by atoms with Crippen molar-refractivity contribution in [3.05, 3.63) is 48.0 Å². The Kier molecular flexibility index (Phi) is 3.74. The molecule has 2 aromatic rings. The monoisotopic (exact) mass is 312 g/mol. The number of methoxy groups -OCH3 is 1. The molecular formula is C18H16O5. The number of ketones is 2. The van der Waals surface area contributed by atoms with E-state index in [1.807, 2.05) is 24.3 Å². The number of fused-ring (bicyclic) bond motifs is 1. The summed E-state index contributed by atoms with van der Waals surface area (Å²) in [6.07, 6.45) is 0.117. The average Bonchev–Trinajstić information content (AvgIpc) is 2.89. The molecule has 2 atom stereocenters. The quantitative estimate of drug-likeness (QED) is 0.532. The lowest BCUT2D eigenvalue weighted by molar-refractivity contribution is -0.168. The average molecular weight is 312 g/mol. The van der Waals surface area contributed by atoms with Crippen molar-refractivity contribution >= 4 is 28.3 Å². The maximum absolute atomic E-state index is 12.8. The fourth-order valence-corrected chi connectivity index (χ4v) is 3.15. The van der Waals surface area contributed by atoms with E-state index >= 15 is 0 Å². The van der Waals surface area contributed by atoms with E-state index in [0.29, 0.717) is 5.56 Å². The molecule has 1 saturated carbocycles. The summed E-state index contributed by atoms with van der Waals surface area (Å²) in [5.41, 5.74) is -2.01. The van der Waals surface area contributed by atoms with Gasteiger partial charge in [0.25, 0.3) is 0 Å². The number of hydrogen-bond donors (Lipinski definition) is 1. The summed E-state index contributed by atoms with van der Waals surface area (Å²) in [5, 5.41) is 12.3. The van der Waals surface area contributed by atoms with E-state index in [9.17, 15) is 19.5 Å². The van der Waals surface area contributed by atoms with Gasteiger partial charge in [-0.25, -0.2) is 4.79 Å². The first-order chi connectivity index (χ1) is 11.0. The lowest BCUT2D eigenvalue weighted by Gasteiger charge is -2.24. The minimum absolute atomic E-state index is 0.0183. The molecule has 0 aliphatic heterocycles. The number of carbonyl (C=O) groups is 3. The van der Waals surface area contributed by atoms with Crippen LogP contribution in [0.25, 0.3) is 10.8 Å². The van der Waals surface area contributed by atoms with Gasteiger partial charge in [-0.1, -0.05) is 36.4 Å². The number of benzene rings is 2. The highest BCUT2D eigenvalue weighted by Gasteiger charge is 2.58. The van der Waals surface area contributed by atoms with Gasteiger partial charge in [-0.05, 0) is 23.3 Å². The van der Waals surface area contributed by atoms with Gasteiger partial charge in [-0.15, -0.1) is 0 Å². The molecule has 2 aromatic carbocycles. The molecule has 1 N–H and O–H groups in total. The van der Waals surface area contributed by atoms with Crippen LogP contribution in [0.5, 0.6) is 0 Å². The minimum atomic E-state index is -2.38. The molecule has 0 heterocycles. The molecule has 5 heteroatoms. The molecule has 0 radical (unpaired) electrons. The van der Waals surface area contributed by atoms with Crippen LogP contribution in [-0.4, -0.2) is 35.4 Å². The van der Waals surface area contributed by atoms with Crippen LogP contribution in [0.1, 0.15) is 23.2 Å². The Morgan fingerprint density at radius 3 is 2.57 bits per heavy atom. The van der Waals surface area contributed by atoms with E-state index in [-0.39, 0.29) is 12.8 Å². The zero-order chi connectivity index (χ0) is 16.6. The van der Waals surface area contributed by atoms with Crippen molar-refractivity contribution in [2.75, 3.05) is 7.11 Å². The van der Waals surface area contributed by atoms with Crippen molar-refractivity contribution in [3.8, 4) is 0 Å². The zero-order valence-corrected chi connectivity index (χ0v) is 12.6. The molecule has 1 aliphatic carbocycles. The molecule has 23 heavy (non-hydrogen) atoms. The molecule has 1 fully saturated rings. The van der Waals surface area contributed by atoms with Crippen molar-refractivity contribution in [2.45, 2.75) is 18.4 Å². The molecule has 0 aromatic heterocycles. The lowest BCUT2D eigenvalue weighted by Crippen LogP contribution is -2.51. The van der Waals surface area contributed by atoms with Crippen LogP contribution in [0.2, 0.25) is 0 Å². The van der Waals surface area contributed by atoms with Crippen LogP contribution in [0.4, 0.5) is 0 Å². The largest absolute Gasteiger partial charge is 0.467 e. The molecule has 0 unspecified atom stereocenters. The number of rotatable bonds is 3. The van der Waals surface area contributed by atoms with Crippen molar-refractivity contribution < 1.29 is 24.2 Å². The molecule has 0 saturated heterocycles. The fourth-order valence-electron chi connectivity index (χ4n) is 3.15. The number of carbonyl (C=O) groups excluding carboxylic acids is 3. The van der Waals surface area contributed by atoms with Crippen molar-refractivity contribution in [1.29, 1.82) is 0 Å². The third-order valence-corrected chi connectivity index (χ3v) is 4.44. The normalized spacial score (nSPS) is 23.9. The Bertz CT molecular complexity index is 810. The third-order valence-electron chi connectivity index (χ3n) is 4.44. The number of ether oxygens (including phenoxy) is 1. The molecule has 0 amide bonds. The predicted molar refractivity (Wildman–Crippen MR) is 83.0 cm³/mol. The summed E-state index contributed by atoms with van der Waals surface area (Å²) >= 11 is 0. The first kappa shape index (κ1) is 15.4. The standard InChI is InChI=1S/C18H16O5/c1-23-17(21)18(22)14(8-9-15(18)19)16(20)13-7-6-11-4-2-3-5-12(11)10-13/h2-7,10,14,22H,8-9H2,1H3/t14-,18-/m1/s1. The molecule has 0 bridgehead atoms. The Morgan fingerprint density at radius 1 is 1.17 bits per heavy atom. The predicted octanol–water partition coefficient (Wildman–Crippen LogP) is 1.91. The first-order valence-electron chi connectivity index (χ1n) is 7.35. The van der Waals surface area contributed by atoms with E-state index in [4.69, 9.17) is 0 Å². The maximum Gasteiger partial charge on any atom is 0.346 e. The van der Waals surface area contributed by atoms with Gasteiger partial charge in [-0.2, -0.15) is 0 Å². The molecule has 0 spiro atoms. The lowest BCUT2D eigenvalue weighted by atomic mass is 9.83. The Hall–Kier alpha value is -2.53. The van der Waals surface area contributed by atoms with Crippen LogP contribution in [0, 0.1) is 5.92 Å². The van der Waals surface area contributed by atoms with Crippen molar-refractivity contribution in [1.82, 2.24) is 0 Å². The fraction of sp³-hybridized carbons (Fsp3) is 0.278. The van der Waals surface area contributed by atoms with E-state index in [1.165, 1.54) is 0 Å². The van der Waals surface area contributed by atoms with Gasteiger partial charge in [0.15, 0.2) is 11.6 Å². The maximum atomic E-state index is 12.8. The first-order valence-corrected chi connectivity index (χ1v) is 7.35. The molecular weight excluding hydrogens is 296 g/mol. The van der Waals surface area contributed by atoms with Crippen LogP contribution in [-0.2, 0) is 14.3 Å². The summed E-state index contributed by atoms with van der Waals surface area (Å²) in [5.74, 6) is -3.26. The van der Waals surface area contributed by atoms with E-state index < -0.39 is 29.1 Å². The second kappa shape index (κ2) is 5.59. The zero-order valence-electron chi connectivity index (χ0n) is 12.6. The molecule has 5 nitrogen and oxygen atoms in total. The van der Waals surface area contributed by atoms with Gasteiger partial charge < -0.3 is 9.84 Å². The Morgan fingerprint density at radius 2 is 1.87 bits per heavy atom. The van der Waals surface area contributed by atoms with Gasteiger partial charge in [-0.3, -0.25) is 9.59 Å². The van der Waals surface area contributed by atoms with Crippen molar-refractivity contribution in [3.63, 3.8) is 0 Å². The number of aliphatic hydroxyl groups is 1. The number of esters is 1. The summed E-state index contributed by atoms with van der Waals surface area (Å²) in [7, 11) is 1.09. The Balaban J connectivity index is 2.00. The van der Waals surface area contributed by atoms with Crippen molar-refractivity contribution in [2.24, 2.45) is 5.92 Å². The topological polar surface area (TPSA) is 80.7 Å². The summed E-state index contributed by atoms with van der Waals surface area (Å²) in [6.45, 7) is 0. The van der Waals surface area contributed by atoms with Gasteiger partial charge in [0.1, 0.15) is 0 Å². The molecule has 1 aliphatic rings. The van der Waals surface area contributed by atoms with Gasteiger partial charge in [0.2, 0.25) is 5.60 Å². The highest BCUT2D eigenvalue weighted by atomic mass is 16.5. The third kappa shape index (κ3) is 2.33. The number of hydrogen-bond acceptors (Lipinski definition) is 5. The second-order valence-electron chi connectivity index (χ2n) is 5.70. The number of Topliss-reactive ketones (excluding diaryl/α,β-unsaturated/α-hetero) is 2. The smallest absolute Gasteiger partial charge is 0.346 e.